The number of hydrogen-bond donors (Lipinski definition) is 0. The van der Waals surface area contributed by atoms with Crippen LogP contribution in [0.4, 0.5) is 0 Å². The number of aryl methyl sites for hydroxylation is 3. The van der Waals surface area contributed by atoms with Crippen molar-refractivity contribution in [2.24, 2.45) is 0 Å². The fourth-order valence-corrected chi connectivity index (χ4v) is 31.7. The smallest absolute Gasteiger partial charge is 0.181 e. The molecule has 0 atom stereocenters. The van der Waals surface area contributed by atoms with Gasteiger partial charge in [-0.15, -0.1) is 136 Å². The zero-order valence-corrected chi connectivity index (χ0v) is 73.8. The first kappa shape index (κ1) is 73.5. The van der Waals surface area contributed by atoms with Crippen LogP contribution < -0.4 is 114 Å². The number of fused-ring (bicyclic) bond motifs is 12. The average Bonchev–Trinajstić information content (AvgIpc) is 1.55. The van der Waals surface area contributed by atoms with Crippen molar-refractivity contribution in [3.63, 3.8) is 0 Å². The molecule has 0 spiro atoms. The fourth-order valence-electron chi connectivity index (χ4n) is 16.6. The van der Waals surface area contributed by atoms with E-state index in [-0.39, 0.29) is 0 Å². The maximum Gasteiger partial charge on any atom is 0.181 e. The van der Waals surface area contributed by atoms with Crippen LogP contribution in [0.1, 0.15) is 35.4 Å². The Bertz CT molecular complexity index is 5760. The lowest BCUT2D eigenvalue weighted by Gasteiger charge is -2.20. The molecule has 12 aliphatic heterocycles. The van der Waals surface area contributed by atoms with E-state index in [2.05, 4.69) is 39.0 Å². The lowest BCUT2D eigenvalue weighted by atomic mass is 10.0. The van der Waals surface area contributed by atoms with Gasteiger partial charge in [0.25, 0.3) is 0 Å². The summed E-state index contributed by atoms with van der Waals surface area (Å²) in [5.41, 5.74) is 2.49. The summed E-state index contributed by atoms with van der Waals surface area (Å²) in [5, 5.41) is 0. The molecule has 12 aliphatic rings. The van der Waals surface area contributed by atoms with E-state index in [0.717, 1.165) is 188 Å². The molecule has 1 aromatic carbocycles. The van der Waals surface area contributed by atoms with Crippen LogP contribution in [-0.4, -0.2) is 159 Å². The highest BCUT2D eigenvalue weighted by molar-refractivity contribution is 7.33. The van der Waals surface area contributed by atoms with Crippen molar-refractivity contribution >= 4 is 136 Å². The summed E-state index contributed by atoms with van der Waals surface area (Å²) >= 11 is 19.2. The third kappa shape index (κ3) is 11.4. The Morgan fingerprint density at radius 2 is 0.242 bits per heavy atom. The molecule has 0 fully saturated rings. The Morgan fingerprint density at radius 1 is 0.142 bits per heavy atom. The number of hydrogen-bond acceptors (Lipinski definition) is 36. The first-order valence-corrected chi connectivity index (χ1v) is 49.4. The van der Waals surface area contributed by atoms with Gasteiger partial charge in [0.15, 0.2) is 138 Å². The van der Waals surface area contributed by atoms with Crippen LogP contribution in [0, 0.1) is 0 Å². The lowest BCUT2D eigenvalue weighted by molar-refractivity contribution is 0.170. The van der Waals surface area contributed by atoms with Crippen LogP contribution in [-0.2, 0) is 19.3 Å². The summed E-state index contributed by atoms with van der Waals surface area (Å²) in [7, 11) is 0. The van der Waals surface area contributed by atoms with Crippen LogP contribution in [0.5, 0.6) is 138 Å². The Morgan fingerprint density at radius 3 is 0.375 bits per heavy atom. The van der Waals surface area contributed by atoms with Gasteiger partial charge in [0.1, 0.15) is 159 Å². The van der Waals surface area contributed by atoms with Gasteiger partial charge in [-0.05, 0) is 54.2 Å². The number of ether oxygens (including phenoxy) is 24. The van der Waals surface area contributed by atoms with Crippen molar-refractivity contribution < 1.29 is 114 Å². The van der Waals surface area contributed by atoms with Crippen molar-refractivity contribution in [3.05, 3.63) is 32.8 Å². The predicted molar refractivity (Wildman–Crippen MR) is 466 cm³/mol. The SMILES string of the molecule is CCc1sc(-c2sc(-c3sc(-c4sc(-c5cc(-c6sc(-c7sc(-c8sc(-c9sc(CC)c%10c9OCCO%10)c9c8OCCO9)c8c7OCCO8)c7c6OCCO7)cc(-c6sc(-c7sc(-c8sc(-c9sc(CC)c%10c9OCCO%10)c9c8OCCO9)c8c7OCCO8)c7c6OCCO7)c5)c5c4OCCO5)c4c3OCCO4)c3c2OCCO3)c2c1OCCO2. The quantitative estimate of drug-likeness (QED) is 0.0930. The van der Waals surface area contributed by atoms with E-state index in [1.165, 1.54) is 0 Å². The van der Waals surface area contributed by atoms with E-state index in [0.29, 0.717) is 262 Å². The number of rotatable bonds is 15. The van der Waals surface area contributed by atoms with Crippen molar-refractivity contribution in [1.29, 1.82) is 0 Å². The van der Waals surface area contributed by atoms with Crippen molar-refractivity contribution in [2.75, 3.05) is 159 Å². The topological polar surface area (TPSA) is 222 Å². The molecule has 0 bridgehead atoms. The molecule has 13 aromatic rings. The molecule has 0 saturated heterocycles. The van der Waals surface area contributed by atoms with Gasteiger partial charge in [0.2, 0.25) is 0 Å². The molecule has 25 rings (SSSR count). The minimum Gasteiger partial charge on any atom is -0.485 e. The molecule has 24 heterocycles. The number of thiophene rings is 12. The summed E-state index contributed by atoms with van der Waals surface area (Å²) in [6, 6.07) is 6.65. The second-order valence-electron chi connectivity index (χ2n) is 28.5. The zero-order chi connectivity index (χ0) is 79.1. The predicted octanol–water partition coefficient (Wildman–Crippen LogP) is 21.4. The van der Waals surface area contributed by atoms with Gasteiger partial charge in [-0.25, -0.2) is 0 Å². The first-order valence-electron chi connectivity index (χ1n) is 39.6. The number of benzene rings is 1. The maximum absolute atomic E-state index is 6.97. The molecule has 0 aliphatic carbocycles. The van der Waals surface area contributed by atoms with Gasteiger partial charge < -0.3 is 114 Å². The van der Waals surface area contributed by atoms with E-state index in [4.69, 9.17) is 114 Å². The second-order valence-corrected chi connectivity index (χ2v) is 41.0. The van der Waals surface area contributed by atoms with E-state index >= 15 is 0 Å². The van der Waals surface area contributed by atoms with E-state index in [1.54, 1.807) is 136 Å². The van der Waals surface area contributed by atoms with Gasteiger partial charge in [0.05, 0.1) is 117 Å². The summed E-state index contributed by atoms with van der Waals surface area (Å²) in [5.74, 6) is 15.8. The van der Waals surface area contributed by atoms with Gasteiger partial charge in [-0.1, -0.05) is 20.8 Å². The molecule has 0 N–H and O–H groups in total. The van der Waals surface area contributed by atoms with Gasteiger partial charge >= 0.3 is 0 Å². The minimum atomic E-state index is 0.304. The van der Waals surface area contributed by atoms with Gasteiger partial charge in [-0.2, -0.15) is 0 Å². The van der Waals surface area contributed by atoms with E-state index in [1.807, 2.05) is 0 Å². The normalized spacial score (nSPS) is 17.0. The second kappa shape index (κ2) is 29.5. The molecule has 12 aromatic heterocycles. The fraction of sp³-hybridized carbons (Fsp3) is 0.357. The van der Waals surface area contributed by atoms with Crippen molar-refractivity contribution in [3.8, 4) is 257 Å². The lowest BCUT2D eigenvalue weighted by Crippen LogP contribution is -2.16. The van der Waals surface area contributed by atoms with E-state index in [9.17, 15) is 0 Å². The summed E-state index contributed by atoms with van der Waals surface area (Å²) in [6.07, 6.45) is 2.37. The zero-order valence-electron chi connectivity index (χ0n) is 64.0. The van der Waals surface area contributed by atoms with Crippen LogP contribution in [0.3, 0.4) is 0 Å². The van der Waals surface area contributed by atoms with Gasteiger partial charge in [0, 0.05) is 0 Å². The molecule has 0 unspecified atom stereocenters. The summed E-state index contributed by atoms with van der Waals surface area (Å²) in [6.45, 7) is 15.4. The Labute approximate surface area is 731 Å². The van der Waals surface area contributed by atoms with Gasteiger partial charge in [-0.3, -0.25) is 0 Å². The third-order valence-corrected chi connectivity index (χ3v) is 37.4. The van der Waals surface area contributed by atoms with Crippen LogP contribution in [0.15, 0.2) is 18.2 Å². The molecule has 24 nitrogen and oxygen atoms in total. The molecule has 0 radical (unpaired) electrons. The van der Waals surface area contributed by atoms with Crippen molar-refractivity contribution in [2.45, 2.75) is 40.0 Å². The summed E-state index contributed by atoms with van der Waals surface area (Å²) < 4.78 is 160. The standard InChI is InChI=1S/C84H66O24S12/c1-4-37-40-43(88-10-7-85-40)67(109-37)70-52-55(100-22-19-97-52)79(115-70)82-61-58(103-25-28-106-61)76(118-82)73-49-46(91-13-16-94-49)64(112-73)34-31-35(65-47-50(95-17-14-92-47)74(113-65)77-59-62(107-29-26-104-59)83(119-77)80-56-53(98-20-23-101-56)71(116-80)68-44-41(38(5-2)110-68)86-8-11-89-44)33-36(32-34)66-48-51(96-18-15-93-48)75(114-66)78-60-63(108-30-27-105-60)84(120-78)81-57-54(99-21-24-102-57)72(117-81)69-45-42(39(6-3)111-69)87-9-12-90-45/h31-33H,4-30H2,1-3H3. The molecule has 0 amide bonds. The molecule has 36 heteroatoms. The largest absolute Gasteiger partial charge is 0.485 e. The molecular formula is C84H66O24S12. The van der Waals surface area contributed by atoms with Crippen LogP contribution in [0.25, 0.3) is 119 Å². The highest BCUT2D eigenvalue weighted by Crippen LogP contribution is 2.72. The van der Waals surface area contributed by atoms with Crippen LogP contribution in [0.2, 0.25) is 0 Å². The Balaban J connectivity index is 0.671. The average molecular weight is 1840 g/mol. The molecule has 0 saturated carbocycles. The summed E-state index contributed by atoms with van der Waals surface area (Å²) in [4.78, 5) is 21.4. The van der Waals surface area contributed by atoms with Crippen molar-refractivity contribution in [1.82, 2.24) is 0 Å². The first-order chi connectivity index (χ1) is 59.4. The third-order valence-electron chi connectivity index (χ3n) is 21.5. The maximum atomic E-state index is 6.97. The highest BCUT2D eigenvalue weighted by atomic mass is 32.1. The minimum absolute atomic E-state index is 0.304. The molecular weight excluding hydrogens is 1780 g/mol. The highest BCUT2D eigenvalue weighted by Gasteiger charge is 2.45. The van der Waals surface area contributed by atoms with E-state index < -0.39 is 0 Å². The monoisotopic (exact) mass is 1840 g/mol. The molecule has 120 heavy (non-hydrogen) atoms. The molecule has 618 valence electrons. The Kier molecular flexibility index (Phi) is 18.1. The Hall–Kier alpha value is -9.18. The van der Waals surface area contributed by atoms with Crippen LogP contribution >= 0.6 is 136 Å².